The molecule has 1 fully saturated rings. The summed E-state index contributed by atoms with van der Waals surface area (Å²) in [5, 5.41) is 0. The van der Waals surface area contributed by atoms with E-state index < -0.39 is 0 Å². The minimum absolute atomic E-state index is 0.0364. The van der Waals surface area contributed by atoms with Gasteiger partial charge in [-0.05, 0) is 17.5 Å². The Morgan fingerprint density at radius 2 is 1.94 bits per heavy atom. The van der Waals surface area contributed by atoms with E-state index in [1.165, 1.54) is 18.2 Å². The highest BCUT2D eigenvalue weighted by Gasteiger charge is 2.54. The summed E-state index contributed by atoms with van der Waals surface area (Å²) >= 11 is 3.70. The van der Waals surface area contributed by atoms with Gasteiger partial charge in [0.05, 0.1) is 13.0 Å². The molecule has 0 bridgehead atoms. The van der Waals surface area contributed by atoms with Crippen LogP contribution in [0.25, 0.3) is 0 Å². The Morgan fingerprint density at radius 3 is 2.56 bits per heavy atom. The van der Waals surface area contributed by atoms with Gasteiger partial charge in [0, 0.05) is 16.7 Å². The van der Waals surface area contributed by atoms with Crippen molar-refractivity contribution in [2.24, 2.45) is 5.92 Å². The Balaban J connectivity index is 1.98. The molecule has 2 aliphatic carbocycles. The van der Waals surface area contributed by atoms with Gasteiger partial charge < -0.3 is 4.74 Å². The van der Waals surface area contributed by atoms with Gasteiger partial charge in [0.2, 0.25) is 0 Å². The van der Waals surface area contributed by atoms with Crippen molar-refractivity contribution in [3.8, 4) is 0 Å². The number of carbonyl (C=O) groups is 1. The molecule has 1 aromatic carbocycles. The summed E-state index contributed by atoms with van der Waals surface area (Å²) < 4.78 is 4.89. The lowest BCUT2D eigenvalue weighted by molar-refractivity contribution is -0.145. The molecule has 0 spiro atoms. The first-order valence-corrected chi connectivity index (χ1v) is 6.46. The number of hydrogen-bond acceptors (Lipinski definition) is 2. The Hall–Kier alpha value is -0.830. The zero-order valence-electron chi connectivity index (χ0n) is 9.02. The molecule has 84 valence electrons. The van der Waals surface area contributed by atoms with Crippen LogP contribution >= 0.6 is 15.9 Å². The SMILES string of the molecule is COC(=O)C1CC(Br)C2c3ccccc3C12. The average molecular weight is 281 g/mol. The van der Waals surface area contributed by atoms with Crippen LogP contribution in [0.15, 0.2) is 24.3 Å². The van der Waals surface area contributed by atoms with E-state index in [4.69, 9.17) is 4.74 Å². The van der Waals surface area contributed by atoms with Gasteiger partial charge in [0.15, 0.2) is 0 Å². The van der Waals surface area contributed by atoms with Gasteiger partial charge >= 0.3 is 5.97 Å². The molecule has 4 unspecified atom stereocenters. The van der Waals surface area contributed by atoms with Crippen LogP contribution in [-0.2, 0) is 9.53 Å². The second-order valence-electron chi connectivity index (χ2n) is 4.56. The largest absolute Gasteiger partial charge is 0.469 e. The Labute approximate surface area is 103 Å². The van der Waals surface area contributed by atoms with E-state index in [-0.39, 0.29) is 11.9 Å². The Bertz CT molecular complexity index is 443. The van der Waals surface area contributed by atoms with Gasteiger partial charge in [-0.1, -0.05) is 40.2 Å². The van der Waals surface area contributed by atoms with Gasteiger partial charge in [-0.15, -0.1) is 0 Å². The molecular formula is C13H13BrO2. The van der Waals surface area contributed by atoms with Crippen molar-refractivity contribution in [3.63, 3.8) is 0 Å². The number of benzene rings is 1. The number of fused-ring (bicyclic) bond motifs is 4. The molecule has 0 aliphatic heterocycles. The van der Waals surface area contributed by atoms with E-state index >= 15 is 0 Å². The zero-order valence-corrected chi connectivity index (χ0v) is 10.6. The standard InChI is InChI=1S/C13H13BrO2/c1-16-13(15)9-6-10(14)12-8-5-3-2-4-7(8)11(9)12/h2-5,9-12H,6H2,1H3. The van der Waals surface area contributed by atoms with Crippen LogP contribution in [0.5, 0.6) is 0 Å². The second kappa shape index (κ2) is 3.59. The third kappa shape index (κ3) is 1.21. The molecule has 0 radical (unpaired) electrons. The molecule has 4 atom stereocenters. The van der Waals surface area contributed by atoms with Crippen molar-refractivity contribution in [1.82, 2.24) is 0 Å². The fourth-order valence-electron chi connectivity index (χ4n) is 3.23. The van der Waals surface area contributed by atoms with Gasteiger partial charge in [-0.3, -0.25) is 4.79 Å². The molecule has 3 rings (SSSR count). The van der Waals surface area contributed by atoms with E-state index in [9.17, 15) is 4.79 Å². The van der Waals surface area contributed by atoms with Crippen LogP contribution < -0.4 is 0 Å². The van der Waals surface area contributed by atoms with E-state index in [0.29, 0.717) is 16.7 Å². The number of alkyl halides is 1. The summed E-state index contributed by atoms with van der Waals surface area (Å²) in [6.07, 6.45) is 0.886. The molecule has 0 amide bonds. The average Bonchev–Trinajstić information content (AvgIpc) is 2.57. The van der Waals surface area contributed by atoms with Crippen LogP contribution in [-0.4, -0.2) is 17.9 Å². The van der Waals surface area contributed by atoms with E-state index in [0.717, 1.165) is 6.42 Å². The van der Waals surface area contributed by atoms with Crippen LogP contribution in [0.2, 0.25) is 0 Å². The normalized spacial score (nSPS) is 34.9. The van der Waals surface area contributed by atoms with Gasteiger partial charge in [-0.25, -0.2) is 0 Å². The lowest BCUT2D eigenvalue weighted by atomic mass is 9.67. The van der Waals surface area contributed by atoms with Gasteiger partial charge in [-0.2, -0.15) is 0 Å². The van der Waals surface area contributed by atoms with Crippen LogP contribution in [0.3, 0.4) is 0 Å². The van der Waals surface area contributed by atoms with Crippen LogP contribution in [0, 0.1) is 5.92 Å². The van der Waals surface area contributed by atoms with Crippen molar-refractivity contribution in [3.05, 3.63) is 35.4 Å². The van der Waals surface area contributed by atoms with Gasteiger partial charge in [0.1, 0.15) is 0 Å². The minimum Gasteiger partial charge on any atom is -0.469 e. The van der Waals surface area contributed by atoms with Crippen LogP contribution in [0.4, 0.5) is 0 Å². The first kappa shape index (κ1) is 10.3. The molecule has 3 heteroatoms. The molecule has 2 aliphatic rings. The number of ether oxygens (including phenoxy) is 1. The van der Waals surface area contributed by atoms with E-state index in [2.05, 4.69) is 34.1 Å². The molecule has 0 aromatic heterocycles. The van der Waals surface area contributed by atoms with Crippen molar-refractivity contribution < 1.29 is 9.53 Å². The summed E-state index contributed by atoms with van der Waals surface area (Å²) in [4.78, 5) is 12.1. The number of halogens is 1. The maximum absolute atomic E-state index is 11.7. The van der Waals surface area contributed by atoms with Crippen LogP contribution in [0.1, 0.15) is 29.4 Å². The zero-order chi connectivity index (χ0) is 11.3. The maximum atomic E-state index is 11.7. The maximum Gasteiger partial charge on any atom is 0.309 e. The first-order valence-electron chi connectivity index (χ1n) is 5.54. The quantitative estimate of drug-likeness (QED) is 0.584. The second-order valence-corrected chi connectivity index (χ2v) is 5.74. The number of carbonyl (C=O) groups excluding carboxylic acids is 1. The highest BCUT2D eigenvalue weighted by molar-refractivity contribution is 9.09. The van der Waals surface area contributed by atoms with E-state index in [1.54, 1.807) is 0 Å². The summed E-state index contributed by atoms with van der Waals surface area (Å²) in [7, 11) is 1.48. The highest BCUT2D eigenvalue weighted by Crippen LogP contribution is 2.61. The predicted molar refractivity (Wildman–Crippen MR) is 64.8 cm³/mol. The number of rotatable bonds is 1. The fraction of sp³-hybridized carbons (Fsp3) is 0.462. The molecule has 0 saturated heterocycles. The monoisotopic (exact) mass is 280 g/mol. The smallest absolute Gasteiger partial charge is 0.309 e. The summed E-state index contributed by atoms with van der Waals surface area (Å²) in [6, 6.07) is 8.42. The van der Waals surface area contributed by atoms with Crippen molar-refractivity contribution in [2.75, 3.05) is 7.11 Å². The third-order valence-corrected chi connectivity index (χ3v) is 4.85. The van der Waals surface area contributed by atoms with Crippen molar-refractivity contribution in [1.29, 1.82) is 0 Å². The first-order chi connectivity index (χ1) is 7.74. The fourth-order valence-corrected chi connectivity index (χ4v) is 4.24. The van der Waals surface area contributed by atoms with Gasteiger partial charge in [0.25, 0.3) is 0 Å². The third-order valence-electron chi connectivity index (χ3n) is 3.91. The molecule has 16 heavy (non-hydrogen) atoms. The highest BCUT2D eigenvalue weighted by atomic mass is 79.9. The molecule has 2 nitrogen and oxygen atoms in total. The van der Waals surface area contributed by atoms with E-state index in [1.807, 2.05) is 6.07 Å². The number of methoxy groups -OCH3 is 1. The predicted octanol–water partition coefficient (Wildman–Crippen LogP) is 2.82. The summed E-state index contributed by atoms with van der Waals surface area (Å²) in [5.41, 5.74) is 2.74. The minimum atomic E-state index is -0.0635. The topological polar surface area (TPSA) is 26.3 Å². The molecule has 1 aromatic rings. The Kier molecular flexibility index (Phi) is 2.32. The Morgan fingerprint density at radius 1 is 1.31 bits per heavy atom. The molecule has 0 heterocycles. The number of esters is 1. The molecule has 0 N–H and O–H groups in total. The summed E-state index contributed by atoms with van der Waals surface area (Å²) in [5.74, 6) is 0.842. The van der Waals surface area contributed by atoms with Crippen molar-refractivity contribution in [2.45, 2.75) is 23.1 Å². The summed E-state index contributed by atoms with van der Waals surface area (Å²) in [6.45, 7) is 0. The lowest BCUT2D eigenvalue weighted by Crippen LogP contribution is -2.29. The number of hydrogen-bond donors (Lipinski definition) is 0. The molecular weight excluding hydrogens is 268 g/mol. The molecule has 1 saturated carbocycles. The lowest BCUT2D eigenvalue weighted by Gasteiger charge is -2.37. The van der Waals surface area contributed by atoms with Crippen molar-refractivity contribution >= 4 is 21.9 Å².